The number of aliphatic hydroxyl groups excluding tert-OH is 1. The lowest BCUT2D eigenvalue weighted by atomic mass is 9.39. The molecular weight excluding hydrogens is 540 g/mol. The van der Waals surface area contributed by atoms with E-state index in [9.17, 15) is 19.5 Å². The molecule has 42 heavy (non-hydrogen) atoms. The van der Waals surface area contributed by atoms with Crippen molar-refractivity contribution in [2.75, 3.05) is 6.61 Å². The van der Waals surface area contributed by atoms with Gasteiger partial charge in [0.1, 0.15) is 18.3 Å². The first-order chi connectivity index (χ1) is 19.8. The van der Waals surface area contributed by atoms with Gasteiger partial charge in [-0.2, -0.15) is 0 Å². The van der Waals surface area contributed by atoms with Gasteiger partial charge in [-0.1, -0.05) is 32.4 Å². The Hall–Kier alpha value is -2.91. The molecule has 0 radical (unpaired) electrons. The first kappa shape index (κ1) is 29.2. The average molecular weight is 583 g/mol. The standard InChI is InChI=1S/C33H42O9/c1-8-16(2)30(37)42-29-27-28-31(5,15-39-27)24(40-18(4)34)13-23(35)32(28,6)22-12-25(36)41-21-11-20(19-9-10-38-14-19)17(3)26(21)33(22,29)7/h8-10,14,20-24,27-29,35H,11-13,15H2,1-7H3/t20-,21+,22-,23+,24-,27-,28+,29-,31-,32+,33-/m0/s1. The van der Waals surface area contributed by atoms with Gasteiger partial charge in [0.2, 0.25) is 0 Å². The maximum Gasteiger partial charge on any atom is 0.333 e. The van der Waals surface area contributed by atoms with E-state index in [0.717, 1.165) is 16.7 Å². The van der Waals surface area contributed by atoms with Gasteiger partial charge in [-0.15, -0.1) is 0 Å². The topological polar surface area (TPSA) is 122 Å². The third-order valence-corrected chi connectivity index (χ3v) is 11.7. The van der Waals surface area contributed by atoms with E-state index in [-0.39, 0.29) is 37.3 Å². The van der Waals surface area contributed by atoms with Crippen LogP contribution in [0.25, 0.3) is 0 Å². The van der Waals surface area contributed by atoms with Crippen molar-refractivity contribution in [3.8, 4) is 0 Å². The minimum absolute atomic E-state index is 0.0364. The molecule has 3 heterocycles. The molecule has 1 aromatic rings. The Labute approximate surface area is 246 Å². The second kappa shape index (κ2) is 9.81. The van der Waals surface area contributed by atoms with E-state index >= 15 is 0 Å². The van der Waals surface area contributed by atoms with Crippen molar-refractivity contribution >= 4 is 17.9 Å². The van der Waals surface area contributed by atoms with E-state index in [0.29, 0.717) is 12.0 Å². The lowest BCUT2D eigenvalue weighted by Gasteiger charge is -2.65. The summed E-state index contributed by atoms with van der Waals surface area (Å²) in [6.45, 7) is 13.3. The van der Waals surface area contributed by atoms with Crippen LogP contribution in [0.1, 0.15) is 79.2 Å². The maximum atomic E-state index is 13.6. The number of carbonyl (C=O) groups excluding carboxylic acids is 3. The fourth-order valence-electron chi connectivity index (χ4n) is 9.76. The number of rotatable bonds is 4. The predicted octanol–water partition coefficient (Wildman–Crippen LogP) is 4.64. The van der Waals surface area contributed by atoms with Gasteiger partial charge in [-0.25, -0.2) is 4.79 Å². The van der Waals surface area contributed by atoms with Gasteiger partial charge >= 0.3 is 17.9 Å². The fraction of sp³-hybridized carbons (Fsp3) is 0.667. The number of furan rings is 1. The monoisotopic (exact) mass is 582 g/mol. The van der Waals surface area contributed by atoms with Crippen LogP contribution in [-0.4, -0.2) is 60.1 Å². The number of hydrogen-bond acceptors (Lipinski definition) is 9. The van der Waals surface area contributed by atoms with Crippen molar-refractivity contribution in [2.45, 2.75) is 104 Å². The Morgan fingerprint density at radius 3 is 2.52 bits per heavy atom. The van der Waals surface area contributed by atoms with Crippen LogP contribution in [-0.2, 0) is 33.3 Å². The molecule has 6 rings (SSSR count). The highest BCUT2D eigenvalue weighted by Gasteiger charge is 2.77. The molecule has 2 aliphatic heterocycles. The Morgan fingerprint density at radius 2 is 1.88 bits per heavy atom. The highest BCUT2D eigenvalue weighted by molar-refractivity contribution is 5.88. The molecule has 0 spiro atoms. The second-order valence-electron chi connectivity index (χ2n) is 13.7. The molecule has 5 aliphatic rings. The number of hydrogen-bond donors (Lipinski definition) is 1. The molecule has 9 heteroatoms. The smallest absolute Gasteiger partial charge is 0.333 e. The zero-order valence-electron chi connectivity index (χ0n) is 25.5. The normalized spacial score (nSPS) is 44.5. The summed E-state index contributed by atoms with van der Waals surface area (Å²) in [5.74, 6) is -2.06. The van der Waals surface area contributed by atoms with Crippen LogP contribution < -0.4 is 0 Å². The van der Waals surface area contributed by atoms with Crippen LogP contribution in [0.3, 0.4) is 0 Å². The van der Waals surface area contributed by atoms with Gasteiger partial charge in [-0.05, 0) is 50.3 Å². The summed E-state index contributed by atoms with van der Waals surface area (Å²) in [5.41, 5.74) is 1.05. The number of aliphatic hydroxyl groups is 1. The Balaban J connectivity index is 1.58. The molecule has 0 bridgehead atoms. The quantitative estimate of drug-likeness (QED) is 0.234. The average Bonchev–Trinajstić information content (AvgIpc) is 3.64. The predicted molar refractivity (Wildman–Crippen MR) is 150 cm³/mol. The molecule has 1 N–H and O–H groups in total. The molecule has 2 saturated carbocycles. The van der Waals surface area contributed by atoms with Crippen LogP contribution in [0.15, 0.2) is 45.8 Å². The molecule has 0 aromatic carbocycles. The van der Waals surface area contributed by atoms with Gasteiger partial charge in [0.15, 0.2) is 0 Å². The molecule has 0 amide bonds. The lowest BCUT2D eigenvalue weighted by Crippen LogP contribution is -2.71. The zero-order chi connectivity index (χ0) is 30.4. The summed E-state index contributed by atoms with van der Waals surface area (Å²) < 4.78 is 30.5. The summed E-state index contributed by atoms with van der Waals surface area (Å²) >= 11 is 0. The minimum atomic E-state index is -0.904. The van der Waals surface area contributed by atoms with Crippen molar-refractivity contribution in [3.63, 3.8) is 0 Å². The summed E-state index contributed by atoms with van der Waals surface area (Å²) in [5, 5.41) is 12.0. The first-order valence-corrected chi connectivity index (χ1v) is 15.0. The van der Waals surface area contributed by atoms with E-state index in [1.165, 1.54) is 6.92 Å². The molecule has 2 saturated heterocycles. The van der Waals surface area contributed by atoms with E-state index in [1.807, 2.05) is 19.9 Å². The molecular formula is C33H42O9. The van der Waals surface area contributed by atoms with Gasteiger partial charge in [0, 0.05) is 53.4 Å². The van der Waals surface area contributed by atoms with Gasteiger partial charge in [0.25, 0.3) is 0 Å². The molecule has 0 unspecified atom stereocenters. The number of allylic oxidation sites excluding steroid dienone is 2. The number of esters is 3. The molecule has 1 aromatic heterocycles. The summed E-state index contributed by atoms with van der Waals surface area (Å²) in [6, 6.07) is 1.93. The number of fused-ring (bicyclic) bond motifs is 4. The summed E-state index contributed by atoms with van der Waals surface area (Å²) in [4.78, 5) is 39.3. The van der Waals surface area contributed by atoms with E-state index in [1.54, 1.807) is 32.4 Å². The van der Waals surface area contributed by atoms with Crippen molar-refractivity contribution in [1.82, 2.24) is 0 Å². The first-order valence-electron chi connectivity index (χ1n) is 15.0. The van der Waals surface area contributed by atoms with Crippen LogP contribution in [0.2, 0.25) is 0 Å². The SMILES string of the molecule is CC=C(C)C(=O)O[C@H]1[C@H]2OC[C@@]3(C)[C@@H](OC(C)=O)C[C@@H](O)[C@](C)([C@H]23)[C@@H]2CC(=O)O[C@@H]3C[C@H](c4ccoc4)C(C)=C3[C@]21C. The number of ether oxygens (including phenoxy) is 4. The van der Waals surface area contributed by atoms with Crippen molar-refractivity contribution < 1.29 is 42.9 Å². The van der Waals surface area contributed by atoms with Crippen molar-refractivity contribution in [1.29, 1.82) is 0 Å². The van der Waals surface area contributed by atoms with Crippen LogP contribution in [0, 0.1) is 28.1 Å². The third kappa shape index (κ3) is 3.85. The molecule has 11 atom stereocenters. The largest absolute Gasteiger partial charge is 0.472 e. The van der Waals surface area contributed by atoms with Crippen molar-refractivity contribution in [2.24, 2.45) is 28.1 Å². The number of carbonyl (C=O) groups is 3. The summed E-state index contributed by atoms with van der Waals surface area (Å²) in [6.07, 6.45) is 2.52. The second-order valence-corrected chi connectivity index (χ2v) is 13.7. The van der Waals surface area contributed by atoms with Gasteiger partial charge < -0.3 is 28.5 Å². The van der Waals surface area contributed by atoms with Gasteiger partial charge in [-0.3, -0.25) is 9.59 Å². The fourth-order valence-corrected chi connectivity index (χ4v) is 9.76. The lowest BCUT2D eigenvalue weighted by molar-refractivity contribution is -0.253. The highest BCUT2D eigenvalue weighted by atomic mass is 16.6. The Bertz CT molecular complexity index is 1360. The Kier molecular flexibility index (Phi) is 6.81. The van der Waals surface area contributed by atoms with E-state index < -0.39 is 64.6 Å². The summed E-state index contributed by atoms with van der Waals surface area (Å²) in [7, 11) is 0. The third-order valence-electron chi connectivity index (χ3n) is 11.7. The van der Waals surface area contributed by atoms with E-state index in [4.69, 9.17) is 23.4 Å². The van der Waals surface area contributed by atoms with Crippen LogP contribution in [0.4, 0.5) is 0 Å². The molecule has 4 fully saturated rings. The Morgan fingerprint density at radius 1 is 1.14 bits per heavy atom. The van der Waals surface area contributed by atoms with Gasteiger partial charge in [0.05, 0.1) is 31.3 Å². The minimum Gasteiger partial charge on any atom is -0.472 e. The molecule has 9 nitrogen and oxygen atoms in total. The van der Waals surface area contributed by atoms with Crippen LogP contribution in [0.5, 0.6) is 0 Å². The van der Waals surface area contributed by atoms with Crippen molar-refractivity contribution in [3.05, 3.63) is 47.0 Å². The zero-order valence-corrected chi connectivity index (χ0v) is 25.5. The molecule has 3 aliphatic carbocycles. The maximum absolute atomic E-state index is 13.6. The van der Waals surface area contributed by atoms with Crippen LogP contribution >= 0.6 is 0 Å². The molecule has 228 valence electrons. The van der Waals surface area contributed by atoms with E-state index in [2.05, 4.69) is 13.8 Å². The highest BCUT2D eigenvalue weighted by Crippen LogP contribution is 2.72.